The number of furan rings is 1. The van der Waals surface area contributed by atoms with Crippen LogP contribution in [0.15, 0.2) is 50.0 Å². The number of fused-ring (bicyclic) bond motifs is 2. The van der Waals surface area contributed by atoms with Crippen LogP contribution in [0, 0.1) is 33.6 Å². The fraction of sp³-hybridized carbons (Fsp3) is 0.375. The Labute approximate surface area is 248 Å². The number of carbonyl (C=O) groups is 3. The molecule has 0 aliphatic heterocycles. The van der Waals surface area contributed by atoms with Gasteiger partial charge in [-0.25, -0.2) is 9.59 Å². The molecule has 2 atom stereocenters. The standard InChI is InChI=1S/C32H36N2O7S/c1-16(2)27(30(36)33-25(31(37)38)15-42-14-21-10-8-7-9-11-21)34-26(35)13-24-18(4)23-12-22-17(3)20(6)40-28(22)19(5)29(23)41-32(24)39/h7-12,16,25,27H,13-15H2,1-6H3,(H,33,36)(H,34,35)(H,37,38)/t25-,27-/m1/s1. The lowest BCUT2D eigenvalue weighted by Gasteiger charge is -2.24. The summed E-state index contributed by atoms with van der Waals surface area (Å²) in [5, 5.41) is 16.6. The van der Waals surface area contributed by atoms with Crippen LogP contribution in [0.5, 0.6) is 0 Å². The maximum Gasteiger partial charge on any atom is 0.340 e. The third-order valence-electron chi connectivity index (χ3n) is 7.56. The molecule has 0 spiro atoms. The van der Waals surface area contributed by atoms with Gasteiger partial charge in [0.05, 0.1) is 12.0 Å². The van der Waals surface area contributed by atoms with Crippen molar-refractivity contribution < 1.29 is 28.3 Å². The molecule has 2 aromatic heterocycles. The third kappa shape index (κ3) is 6.54. The summed E-state index contributed by atoms with van der Waals surface area (Å²) in [7, 11) is 0. The van der Waals surface area contributed by atoms with E-state index in [2.05, 4.69) is 10.6 Å². The number of nitrogens with one attached hydrogen (secondary N) is 2. The molecule has 2 heterocycles. The normalized spacial score (nSPS) is 12.9. The van der Waals surface area contributed by atoms with Crippen LogP contribution in [-0.4, -0.2) is 40.7 Å². The van der Waals surface area contributed by atoms with Gasteiger partial charge in [-0.05, 0) is 56.4 Å². The van der Waals surface area contributed by atoms with Crippen molar-refractivity contribution in [3.63, 3.8) is 0 Å². The molecule has 42 heavy (non-hydrogen) atoms. The van der Waals surface area contributed by atoms with Gasteiger partial charge in [0.15, 0.2) is 0 Å². The zero-order chi connectivity index (χ0) is 30.7. The fourth-order valence-corrected chi connectivity index (χ4v) is 5.93. The summed E-state index contributed by atoms with van der Waals surface area (Å²) in [5.74, 6) is -1.10. The van der Waals surface area contributed by atoms with Crippen molar-refractivity contribution in [1.82, 2.24) is 10.6 Å². The van der Waals surface area contributed by atoms with Crippen LogP contribution in [-0.2, 0) is 26.6 Å². The van der Waals surface area contributed by atoms with Crippen molar-refractivity contribution in [1.29, 1.82) is 0 Å². The van der Waals surface area contributed by atoms with Gasteiger partial charge in [0.25, 0.3) is 0 Å². The molecule has 3 N–H and O–H groups in total. The van der Waals surface area contributed by atoms with Crippen molar-refractivity contribution in [3.05, 3.63) is 80.4 Å². The summed E-state index contributed by atoms with van der Waals surface area (Å²) in [6.07, 6.45) is -0.295. The van der Waals surface area contributed by atoms with Crippen LogP contribution < -0.4 is 16.3 Å². The van der Waals surface area contributed by atoms with Crippen LogP contribution in [0.1, 0.15) is 47.4 Å². The highest BCUT2D eigenvalue weighted by molar-refractivity contribution is 7.98. The Morgan fingerprint density at radius 2 is 1.55 bits per heavy atom. The Bertz CT molecular complexity index is 1710. The molecule has 4 rings (SSSR count). The lowest BCUT2D eigenvalue weighted by atomic mass is 9.98. The zero-order valence-electron chi connectivity index (χ0n) is 24.6. The number of carboxylic acid groups (broad SMARTS) is 1. The van der Waals surface area contributed by atoms with E-state index in [0.29, 0.717) is 33.4 Å². The van der Waals surface area contributed by atoms with Crippen molar-refractivity contribution >= 4 is 51.5 Å². The van der Waals surface area contributed by atoms with E-state index in [9.17, 15) is 24.3 Å². The number of amides is 2. The van der Waals surface area contributed by atoms with Gasteiger partial charge in [-0.3, -0.25) is 9.59 Å². The number of thioether (sulfide) groups is 1. The molecule has 0 aliphatic carbocycles. The van der Waals surface area contributed by atoms with E-state index in [1.807, 2.05) is 57.2 Å². The van der Waals surface area contributed by atoms with E-state index in [1.165, 1.54) is 11.8 Å². The molecule has 0 fully saturated rings. The quantitative estimate of drug-likeness (QED) is 0.208. The molecule has 0 unspecified atom stereocenters. The second-order valence-electron chi connectivity index (χ2n) is 10.9. The number of hydrogen-bond donors (Lipinski definition) is 3. The molecular weight excluding hydrogens is 556 g/mol. The number of hydrogen-bond acceptors (Lipinski definition) is 7. The monoisotopic (exact) mass is 592 g/mol. The van der Waals surface area contributed by atoms with Crippen LogP contribution in [0.3, 0.4) is 0 Å². The minimum Gasteiger partial charge on any atom is -0.480 e. The summed E-state index contributed by atoms with van der Waals surface area (Å²) in [5.41, 5.74) is 4.00. The molecule has 0 saturated carbocycles. The largest absolute Gasteiger partial charge is 0.480 e. The molecule has 2 aromatic carbocycles. The molecule has 222 valence electrons. The molecule has 0 radical (unpaired) electrons. The zero-order valence-corrected chi connectivity index (χ0v) is 25.4. The fourth-order valence-electron chi connectivity index (χ4n) is 4.92. The van der Waals surface area contributed by atoms with Crippen LogP contribution in [0.2, 0.25) is 0 Å². The minimum absolute atomic E-state index is 0.161. The summed E-state index contributed by atoms with van der Waals surface area (Å²) in [6.45, 7) is 10.9. The predicted molar refractivity (Wildman–Crippen MR) is 164 cm³/mol. The average Bonchev–Trinajstić information content (AvgIpc) is 3.23. The maximum atomic E-state index is 13.2. The van der Waals surface area contributed by atoms with Gasteiger partial charge in [0, 0.05) is 27.8 Å². The smallest absolute Gasteiger partial charge is 0.340 e. The topological polar surface area (TPSA) is 139 Å². The van der Waals surface area contributed by atoms with Crippen molar-refractivity contribution in [2.75, 3.05) is 5.75 Å². The Balaban J connectivity index is 1.49. The second-order valence-corrected chi connectivity index (χ2v) is 11.9. The number of carboxylic acids is 1. The summed E-state index contributed by atoms with van der Waals surface area (Å²) in [6, 6.07) is 9.41. The molecule has 2 amide bonds. The average molecular weight is 593 g/mol. The van der Waals surface area contributed by atoms with Crippen molar-refractivity contribution in [2.24, 2.45) is 5.92 Å². The highest BCUT2D eigenvalue weighted by Gasteiger charge is 2.29. The molecule has 0 aliphatic rings. The second kappa shape index (κ2) is 12.9. The number of aryl methyl sites for hydroxylation is 4. The van der Waals surface area contributed by atoms with E-state index in [1.54, 1.807) is 20.8 Å². The summed E-state index contributed by atoms with van der Waals surface area (Å²) >= 11 is 1.39. The van der Waals surface area contributed by atoms with Gasteiger partial charge in [-0.1, -0.05) is 44.2 Å². The molecule has 0 bridgehead atoms. The van der Waals surface area contributed by atoms with Gasteiger partial charge >= 0.3 is 11.6 Å². The molecule has 0 saturated heterocycles. The first-order valence-corrected chi connectivity index (χ1v) is 14.9. The number of rotatable bonds is 11. The molecule has 9 nitrogen and oxygen atoms in total. The van der Waals surface area contributed by atoms with E-state index < -0.39 is 35.5 Å². The lowest BCUT2D eigenvalue weighted by molar-refractivity contribution is -0.141. The number of carbonyl (C=O) groups excluding carboxylic acids is 2. The maximum absolute atomic E-state index is 13.2. The first kappa shape index (κ1) is 30.9. The molecule has 10 heteroatoms. The Morgan fingerprint density at radius 1 is 0.905 bits per heavy atom. The van der Waals surface area contributed by atoms with Crippen molar-refractivity contribution in [3.8, 4) is 0 Å². The summed E-state index contributed by atoms with van der Waals surface area (Å²) in [4.78, 5) is 51.2. The van der Waals surface area contributed by atoms with Crippen LogP contribution in [0.25, 0.3) is 21.9 Å². The highest BCUT2D eigenvalue weighted by Crippen LogP contribution is 2.34. The Hall–Kier alpha value is -4.05. The Kier molecular flexibility index (Phi) is 9.46. The van der Waals surface area contributed by atoms with E-state index in [0.717, 1.165) is 22.3 Å². The van der Waals surface area contributed by atoms with E-state index in [4.69, 9.17) is 8.83 Å². The first-order valence-electron chi connectivity index (χ1n) is 13.8. The van der Waals surface area contributed by atoms with Gasteiger partial charge in [0.1, 0.15) is 29.0 Å². The number of aliphatic carboxylic acids is 1. The van der Waals surface area contributed by atoms with Gasteiger partial charge in [0.2, 0.25) is 11.8 Å². The van der Waals surface area contributed by atoms with Gasteiger partial charge in [-0.2, -0.15) is 11.8 Å². The SMILES string of the molecule is Cc1oc2c(C)c3oc(=O)c(CC(=O)N[C@@H](C(=O)N[C@H](CSCc4ccccc4)C(=O)O)C(C)C)c(C)c3cc2c1C. The van der Waals surface area contributed by atoms with Crippen molar-refractivity contribution in [2.45, 2.75) is 65.8 Å². The lowest BCUT2D eigenvalue weighted by Crippen LogP contribution is -2.54. The molecular formula is C32H36N2O7S. The summed E-state index contributed by atoms with van der Waals surface area (Å²) < 4.78 is 11.6. The predicted octanol–water partition coefficient (Wildman–Crippen LogP) is 4.96. The highest BCUT2D eigenvalue weighted by atomic mass is 32.2. The number of benzene rings is 2. The van der Waals surface area contributed by atoms with Crippen LogP contribution in [0.4, 0.5) is 0 Å². The minimum atomic E-state index is -1.16. The van der Waals surface area contributed by atoms with Gasteiger partial charge in [-0.15, -0.1) is 0 Å². The van der Waals surface area contributed by atoms with E-state index in [-0.39, 0.29) is 23.7 Å². The third-order valence-corrected chi connectivity index (χ3v) is 8.66. The first-order chi connectivity index (χ1) is 19.9. The Morgan fingerprint density at radius 3 is 2.19 bits per heavy atom. The van der Waals surface area contributed by atoms with Gasteiger partial charge < -0.3 is 24.6 Å². The van der Waals surface area contributed by atoms with Crippen LogP contribution >= 0.6 is 11.8 Å². The molecule has 4 aromatic rings. The van der Waals surface area contributed by atoms with E-state index >= 15 is 0 Å².